The Morgan fingerprint density at radius 2 is 0.747 bits per heavy atom. The fourth-order valence-corrected chi connectivity index (χ4v) is 8.14. The number of allylic oxidation sites excluding steroid dienone is 28. The first-order valence-electron chi connectivity index (χ1n) is 31.1. The van der Waals surface area contributed by atoms with Gasteiger partial charge in [0, 0.05) is 19.3 Å². The molecule has 6 unspecified atom stereocenters. The summed E-state index contributed by atoms with van der Waals surface area (Å²) in [6.07, 6.45) is 71.8. The number of ether oxygens (including phenoxy) is 5. The van der Waals surface area contributed by atoms with Crippen LogP contribution in [0.2, 0.25) is 0 Å². The Kier molecular flexibility index (Phi) is 51.2. The summed E-state index contributed by atoms with van der Waals surface area (Å²) < 4.78 is 28.3. The molecule has 1 fully saturated rings. The number of hydrogen-bond acceptors (Lipinski definition) is 11. The van der Waals surface area contributed by atoms with E-state index in [1.54, 1.807) is 0 Å². The standard InChI is InChI=1S/C71H106O12/c1-4-7-10-13-16-19-22-25-28-30-32-34-37-39-42-45-48-51-54-57-63(72)79-60-62(81-64(73)58-55-52-49-46-43-40-36-27-24-21-18-15-12-9-6-3)61-80-71-69(67(76)66(75)68(83-71)70(77)78)82-65(74)59-56-53-50-47-44-41-38-35-33-31-29-26-23-20-17-14-11-8-5-2/h7-12,16-21,25-29,32-36,39,41-42,44,50,53,62,66-69,71,75-76H,4-6,13-15,22-24,30-31,37-38,40,43,45-49,51-52,54-61H2,1-3H3,(H,77,78)/b10-7-,11-8-,12-9-,19-16-,20-17-,21-18-,28-25-,29-26-,34-32-,35-33-,36-27-,42-39-,44-41-,53-50-. The van der Waals surface area contributed by atoms with Crippen LogP contribution in [0.25, 0.3) is 0 Å². The van der Waals surface area contributed by atoms with Gasteiger partial charge in [-0.2, -0.15) is 0 Å². The lowest BCUT2D eigenvalue weighted by Gasteiger charge is -2.40. The van der Waals surface area contributed by atoms with Gasteiger partial charge in [0.25, 0.3) is 0 Å². The van der Waals surface area contributed by atoms with Crippen molar-refractivity contribution < 1.29 is 58.2 Å². The summed E-state index contributed by atoms with van der Waals surface area (Å²) in [7, 11) is 0. The number of rotatable bonds is 50. The van der Waals surface area contributed by atoms with Crippen LogP contribution in [0.1, 0.15) is 201 Å². The average Bonchev–Trinajstić information content (AvgIpc) is 3.60. The summed E-state index contributed by atoms with van der Waals surface area (Å²) in [6.45, 7) is 5.57. The molecule has 12 nitrogen and oxygen atoms in total. The number of aliphatic carboxylic acids is 1. The van der Waals surface area contributed by atoms with Gasteiger partial charge in [0.05, 0.1) is 6.61 Å². The minimum atomic E-state index is -1.95. The molecular formula is C71H106O12. The van der Waals surface area contributed by atoms with Crippen molar-refractivity contribution in [1.82, 2.24) is 0 Å². The Bertz CT molecular complexity index is 2090. The second kappa shape index (κ2) is 56.6. The van der Waals surface area contributed by atoms with E-state index in [0.29, 0.717) is 25.7 Å². The number of carbonyl (C=O) groups excluding carboxylic acids is 3. The molecule has 0 saturated carbocycles. The van der Waals surface area contributed by atoms with Crippen LogP contribution in [-0.4, -0.2) is 89.2 Å². The van der Waals surface area contributed by atoms with Crippen LogP contribution in [0.5, 0.6) is 0 Å². The van der Waals surface area contributed by atoms with E-state index in [1.165, 1.54) is 0 Å². The molecule has 0 aliphatic carbocycles. The van der Waals surface area contributed by atoms with Gasteiger partial charge in [-0.05, 0) is 135 Å². The quantitative estimate of drug-likeness (QED) is 0.0228. The molecule has 0 radical (unpaired) electrons. The summed E-state index contributed by atoms with van der Waals surface area (Å²) in [5.41, 5.74) is 0. The zero-order chi connectivity index (χ0) is 60.3. The van der Waals surface area contributed by atoms with Gasteiger partial charge in [0.2, 0.25) is 0 Å². The van der Waals surface area contributed by atoms with Gasteiger partial charge in [0.1, 0.15) is 18.8 Å². The van der Waals surface area contributed by atoms with Crippen molar-refractivity contribution in [3.63, 3.8) is 0 Å². The molecule has 0 spiro atoms. The van der Waals surface area contributed by atoms with Gasteiger partial charge in [-0.15, -0.1) is 0 Å². The summed E-state index contributed by atoms with van der Waals surface area (Å²) in [5.74, 6) is -3.33. The minimum Gasteiger partial charge on any atom is -0.479 e. The maximum atomic E-state index is 13.2. The summed E-state index contributed by atoms with van der Waals surface area (Å²) in [6, 6.07) is 0. The van der Waals surface area contributed by atoms with Gasteiger partial charge in [-0.3, -0.25) is 14.4 Å². The number of unbranched alkanes of at least 4 members (excludes halogenated alkanes) is 8. The third-order valence-electron chi connectivity index (χ3n) is 12.8. The Labute approximate surface area is 500 Å². The Hall–Kier alpha value is -5.92. The number of aliphatic hydroxyl groups is 2. The van der Waals surface area contributed by atoms with E-state index in [1.807, 2.05) is 18.2 Å². The Balaban J connectivity index is 2.76. The van der Waals surface area contributed by atoms with Crippen molar-refractivity contribution in [2.45, 2.75) is 237 Å². The summed E-state index contributed by atoms with van der Waals surface area (Å²) in [5, 5.41) is 31.5. The van der Waals surface area contributed by atoms with E-state index >= 15 is 0 Å². The van der Waals surface area contributed by atoms with Crippen molar-refractivity contribution in [3.8, 4) is 0 Å². The van der Waals surface area contributed by atoms with Crippen LogP contribution < -0.4 is 0 Å². The van der Waals surface area contributed by atoms with Crippen LogP contribution in [-0.2, 0) is 42.9 Å². The van der Waals surface area contributed by atoms with Crippen LogP contribution >= 0.6 is 0 Å². The molecule has 1 saturated heterocycles. The van der Waals surface area contributed by atoms with E-state index in [0.717, 1.165) is 135 Å². The van der Waals surface area contributed by atoms with E-state index in [4.69, 9.17) is 23.7 Å². The number of carbonyl (C=O) groups is 4. The fourth-order valence-electron chi connectivity index (χ4n) is 8.14. The second-order valence-corrected chi connectivity index (χ2v) is 20.2. The lowest BCUT2D eigenvalue weighted by molar-refractivity contribution is -0.301. The van der Waals surface area contributed by atoms with Crippen LogP contribution in [0.15, 0.2) is 170 Å². The molecule has 83 heavy (non-hydrogen) atoms. The normalized spacial score (nSPS) is 18.8. The predicted octanol–water partition coefficient (Wildman–Crippen LogP) is 16.7. The molecule has 0 amide bonds. The van der Waals surface area contributed by atoms with Gasteiger partial charge >= 0.3 is 23.9 Å². The monoisotopic (exact) mass is 1150 g/mol. The van der Waals surface area contributed by atoms with E-state index in [-0.39, 0.29) is 25.9 Å². The Morgan fingerprint density at radius 1 is 0.398 bits per heavy atom. The lowest BCUT2D eigenvalue weighted by atomic mass is 9.98. The van der Waals surface area contributed by atoms with Crippen LogP contribution in [0.3, 0.4) is 0 Å². The number of esters is 3. The molecule has 6 atom stereocenters. The van der Waals surface area contributed by atoms with Gasteiger partial charge in [-0.25, -0.2) is 4.79 Å². The van der Waals surface area contributed by atoms with Crippen molar-refractivity contribution >= 4 is 23.9 Å². The smallest absolute Gasteiger partial charge is 0.335 e. The number of carboxylic acids is 1. The van der Waals surface area contributed by atoms with Gasteiger partial charge in [0.15, 0.2) is 24.6 Å². The molecule has 0 bridgehead atoms. The minimum absolute atomic E-state index is 0.0807. The summed E-state index contributed by atoms with van der Waals surface area (Å²) in [4.78, 5) is 51.2. The highest BCUT2D eigenvalue weighted by Crippen LogP contribution is 2.26. The topological polar surface area (TPSA) is 175 Å². The molecule has 1 rings (SSSR count). The average molecular weight is 1150 g/mol. The van der Waals surface area contributed by atoms with Crippen molar-refractivity contribution in [1.29, 1.82) is 0 Å². The maximum absolute atomic E-state index is 13.2. The third kappa shape index (κ3) is 46.2. The highest BCUT2D eigenvalue weighted by Gasteiger charge is 2.50. The first-order chi connectivity index (χ1) is 40.6. The maximum Gasteiger partial charge on any atom is 0.335 e. The SMILES string of the molecule is CC/C=C\C/C=C\C/C=C\C/C=C\C/C=C\C/C=C\CCC(=O)OC1C(OCC(COC(=O)CCCCC/C=C\C/C=C\C/C=C\C/C=C\C/C=C\CC)OC(=O)CCCCCCC/C=C\C/C=C\C/C=C\CC)OC(C(=O)O)C(O)C1O. The number of hydrogen-bond donors (Lipinski definition) is 3. The van der Waals surface area contributed by atoms with Gasteiger partial charge in [-0.1, -0.05) is 217 Å². The third-order valence-corrected chi connectivity index (χ3v) is 12.8. The molecular weight excluding hydrogens is 1040 g/mol. The zero-order valence-electron chi connectivity index (χ0n) is 50.9. The largest absolute Gasteiger partial charge is 0.479 e. The molecule has 1 aliphatic heterocycles. The van der Waals surface area contributed by atoms with E-state index in [2.05, 4.69) is 173 Å². The first-order valence-corrected chi connectivity index (χ1v) is 31.1. The van der Waals surface area contributed by atoms with Crippen molar-refractivity contribution in [3.05, 3.63) is 170 Å². The lowest BCUT2D eigenvalue weighted by Crippen LogP contribution is -2.61. The van der Waals surface area contributed by atoms with Crippen molar-refractivity contribution in [2.75, 3.05) is 13.2 Å². The van der Waals surface area contributed by atoms with Crippen LogP contribution in [0.4, 0.5) is 0 Å². The molecule has 12 heteroatoms. The highest BCUT2D eigenvalue weighted by atomic mass is 16.7. The zero-order valence-corrected chi connectivity index (χ0v) is 50.9. The number of aliphatic hydroxyl groups excluding tert-OH is 2. The van der Waals surface area contributed by atoms with E-state index in [9.17, 15) is 34.5 Å². The number of carboxylic acid groups (broad SMARTS) is 1. The van der Waals surface area contributed by atoms with E-state index < -0.39 is 67.3 Å². The molecule has 462 valence electrons. The first kappa shape index (κ1) is 75.1. The highest BCUT2D eigenvalue weighted by molar-refractivity contribution is 5.74. The molecule has 0 aromatic carbocycles. The molecule has 3 N–H and O–H groups in total. The Morgan fingerprint density at radius 3 is 1.16 bits per heavy atom. The van der Waals surface area contributed by atoms with Gasteiger partial charge < -0.3 is 39.0 Å². The molecule has 1 aliphatic rings. The predicted molar refractivity (Wildman–Crippen MR) is 339 cm³/mol. The van der Waals surface area contributed by atoms with Crippen LogP contribution in [0, 0.1) is 0 Å². The molecule has 0 aromatic rings. The molecule has 0 aromatic heterocycles. The second-order valence-electron chi connectivity index (χ2n) is 20.2. The van der Waals surface area contributed by atoms with Crippen molar-refractivity contribution in [2.24, 2.45) is 0 Å². The fraction of sp³-hybridized carbons (Fsp3) is 0.549. The molecule has 1 heterocycles. The summed E-state index contributed by atoms with van der Waals surface area (Å²) >= 11 is 0.